The van der Waals surface area contributed by atoms with E-state index >= 15 is 0 Å². The predicted octanol–water partition coefficient (Wildman–Crippen LogP) is 1.55. The zero-order valence-corrected chi connectivity index (χ0v) is 11.2. The van der Waals surface area contributed by atoms with Crippen molar-refractivity contribution >= 4 is 21.7 Å². The monoisotopic (exact) mass is 285 g/mol. The number of aromatic carboxylic acids is 1. The van der Waals surface area contributed by atoms with E-state index in [-0.39, 0.29) is 22.9 Å². The molecule has 104 valence electrons. The fourth-order valence-corrected chi connectivity index (χ4v) is 3.26. The summed E-state index contributed by atoms with van der Waals surface area (Å²) in [6, 6.07) is 4.05. The SMILES string of the molecule is COc1ccc(C(=O)O)cc1NS(=O)(=O)CC1CC1. The van der Waals surface area contributed by atoms with E-state index in [4.69, 9.17) is 9.84 Å². The number of carboxylic acid groups (broad SMARTS) is 1. The number of ether oxygens (including phenoxy) is 1. The molecule has 0 radical (unpaired) electrons. The Balaban J connectivity index is 2.26. The van der Waals surface area contributed by atoms with Gasteiger partial charge in [-0.1, -0.05) is 0 Å². The quantitative estimate of drug-likeness (QED) is 0.827. The number of carbonyl (C=O) groups is 1. The van der Waals surface area contributed by atoms with E-state index < -0.39 is 16.0 Å². The summed E-state index contributed by atoms with van der Waals surface area (Å²) < 4.78 is 31.2. The first kappa shape index (κ1) is 13.7. The summed E-state index contributed by atoms with van der Waals surface area (Å²) in [4.78, 5) is 10.9. The van der Waals surface area contributed by atoms with Crippen LogP contribution in [0.3, 0.4) is 0 Å². The molecule has 2 N–H and O–H groups in total. The molecule has 1 aliphatic rings. The van der Waals surface area contributed by atoms with Gasteiger partial charge in [0, 0.05) is 0 Å². The van der Waals surface area contributed by atoms with Crippen molar-refractivity contribution in [1.82, 2.24) is 0 Å². The number of hydrogen-bond donors (Lipinski definition) is 2. The van der Waals surface area contributed by atoms with Gasteiger partial charge in [-0.15, -0.1) is 0 Å². The standard InChI is InChI=1S/C12H15NO5S/c1-18-11-5-4-9(12(14)15)6-10(11)13-19(16,17)7-8-2-3-8/h4-6,8,13H,2-3,7H2,1H3,(H,14,15). The van der Waals surface area contributed by atoms with Crippen molar-refractivity contribution in [2.45, 2.75) is 12.8 Å². The molecule has 0 unspecified atom stereocenters. The Bertz CT molecular complexity index is 592. The van der Waals surface area contributed by atoms with E-state index in [1.54, 1.807) is 0 Å². The first-order valence-corrected chi connectivity index (χ1v) is 7.48. The number of carboxylic acids is 1. The Kier molecular flexibility index (Phi) is 3.66. The van der Waals surface area contributed by atoms with Gasteiger partial charge in [0.1, 0.15) is 5.75 Å². The van der Waals surface area contributed by atoms with Crippen LogP contribution in [0.4, 0.5) is 5.69 Å². The Morgan fingerprint density at radius 3 is 2.68 bits per heavy atom. The van der Waals surface area contributed by atoms with Crippen molar-refractivity contribution in [2.75, 3.05) is 17.6 Å². The van der Waals surface area contributed by atoms with E-state index in [2.05, 4.69) is 4.72 Å². The molecule has 0 aromatic heterocycles. The maximum absolute atomic E-state index is 11.9. The molecule has 0 heterocycles. The van der Waals surface area contributed by atoms with Crippen LogP contribution in [0.15, 0.2) is 18.2 Å². The largest absolute Gasteiger partial charge is 0.495 e. The van der Waals surface area contributed by atoms with Crippen molar-refractivity contribution < 1.29 is 23.1 Å². The number of benzene rings is 1. The molecule has 1 aliphatic carbocycles. The minimum Gasteiger partial charge on any atom is -0.495 e. The summed E-state index contributed by atoms with van der Waals surface area (Å²) >= 11 is 0. The maximum Gasteiger partial charge on any atom is 0.335 e. The van der Waals surface area contributed by atoms with Crippen LogP contribution in [0.2, 0.25) is 0 Å². The third-order valence-electron chi connectivity index (χ3n) is 2.86. The molecule has 1 fully saturated rings. The second-order valence-corrected chi connectivity index (χ2v) is 6.31. The van der Waals surface area contributed by atoms with E-state index in [1.165, 1.54) is 25.3 Å². The lowest BCUT2D eigenvalue weighted by molar-refractivity contribution is 0.0697. The molecule has 2 rings (SSSR count). The summed E-state index contributed by atoms with van der Waals surface area (Å²) in [6.45, 7) is 0. The van der Waals surface area contributed by atoms with E-state index in [0.29, 0.717) is 5.75 Å². The lowest BCUT2D eigenvalue weighted by Crippen LogP contribution is -2.18. The van der Waals surface area contributed by atoms with E-state index in [9.17, 15) is 13.2 Å². The topological polar surface area (TPSA) is 92.7 Å². The summed E-state index contributed by atoms with van der Waals surface area (Å²) in [5.74, 6) is -0.547. The molecule has 1 saturated carbocycles. The molecule has 0 amide bonds. The predicted molar refractivity (Wildman–Crippen MR) is 70.1 cm³/mol. The molecule has 6 nitrogen and oxygen atoms in total. The normalized spacial score (nSPS) is 15.0. The Morgan fingerprint density at radius 2 is 2.16 bits per heavy atom. The van der Waals surface area contributed by atoms with Crippen LogP contribution in [0.5, 0.6) is 5.75 Å². The Morgan fingerprint density at radius 1 is 1.47 bits per heavy atom. The van der Waals surface area contributed by atoms with Gasteiger partial charge in [0.05, 0.1) is 24.1 Å². The van der Waals surface area contributed by atoms with Crippen LogP contribution >= 0.6 is 0 Å². The van der Waals surface area contributed by atoms with Gasteiger partial charge in [0.15, 0.2) is 0 Å². The molecule has 19 heavy (non-hydrogen) atoms. The summed E-state index contributed by atoms with van der Waals surface area (Å²) in [5.41, 5.74) is 0.160. The molecule has 1 aromatic rings. The number of rotatable bonds is 6. The smallest absolute Gasteiger partial charge is 0.335 e. The fraction of sp³-hybridized carbons (Fsp3) is 0.417. The average Bonchev–Trinajstić information content (AvgIpc) is 3.11. The summed E-state index contributed by atoms with van der Waals surface area (Å²) in [6.07, 6.45) is 1.85. The van der Waals surface area contributed by atoms with E-state index in [1.807, 2.05) is 0 Å². The van der Waals surface area contributed by atoms with Gasteiger partial charge in [-0.3, -0.25) is 4.72 Å². The van der Waals surface area contributed by atoms with Gasteiger partial charge in [0.2, 0.25) is 10.0 Å². The molecule has 1 aromatic carbocycles. The van der Waals surface area contributed by atoms with Gasteiger partial charge in [-0.25, -0.2) is 13.2 Å². The lowest BCUT2D eigenvalue weighted by atomic mass is 10.2. The maximum atomic E-state index is 11.9. The van der Waals surface area contributed by atoms with Crippen molar-refractivity contribution in [3.63, 3.8) is 0 Å². The molecule has 0 bridgehead atoms. The molecular formula is C12H15NO5S. The third-order valence-corrected chi connectivity index (χ3v) is 4.31. The Hall–Kier alpha value is -1.76. The first-order valence-electron chi connectivity index (χ1n) is 5.83. The first-order chi connectivity index (χ1) is 8.91. The Labute approximate surface area is 111 Å². The number of sulfonamides is 1. The van der Waals surface area contributed by atoms with Crippen LogP contribution in [-0.4, -0.2) is 32.4 Å². The van der Waals surface area contributed by atoms with Crippen LogP contribution < -0.4 is 9.46 Å². The number of hydrogen-bond acceptors (Lipinski definition) is 4. The molecular weight excluding hydrogens is 270 g/mol. The van der Waals surface area contributed by atoms with Crippen LogP contribution in [-0.2, 0) is 10.0 Å². The van der Waals surface area contributed by atoms with E-state index in [0.717, 1.165) is 12.8 Å². The highest BCUT2D eigenvalue weighted by Gasteiger charge is 2.28. The molecule has 0 atom stereocenters. The van der Waals surface area contributed by atoms with Crippen molar-refractivity contribution in [3.8, 4) is 5.75 Å². The highest BCUT2D eigenvalue weighted by molar-refractivity contribution is 7.92. The highest BCUT2D eigenvalue weighted by Crippen LogP contribution is 2.32. The zero-order chi connectivity index (χ0) is 14.0. The minimum atomic E-state index is -3.47. The number of anilines is 1. The number of methoxy groups -OCH3 is 1. The highest BCUT2D eigenvalue weighted by atomic mass is 32.2. The van der Waals surface area contributed by atoms with Crippen molar-refractivity contribution in [2.24, 2.45) is 5.92 Å². The van der Waals surface area contributed by atoms with Gasteiger partial charge in [-0.05, 0) is 37.0 Å². The minimum absolute atomic E-state index is 0.00456. The van der Waals surface area contributed by atoms with Gasteiger partial charge >= 0.3 is 5.97 Å². The number of nitrogens with one attached hydrogen (secondary N) is 1. The zero-order valence-electron chi connectivity index (χ0n) is 10.4. The van der Waals surface area contributed by atoms with Crippen LogP contribution in [0.1, 0.15) is 23.2 Å². The van der Waals surface area contributed by atoms with Crippen LogP contribution in [0, 0.1) is 5.92 Å². The van der Waals surface area contributed by atoms with Crippen molar-refractivity contribution in [3.05, 3.63) is 23.8 Å². The second kappa shape index (κ2) is 5.08. The molecule has 0 spiro atoms. The van der Waals surface area contributed by atoms with Gasteiger partial charge in [-0.2, -0.15) is 0 Å². The van der Waals surface area contributed by atoms with Gasteiger partial charge in [0.25, 0.3) is 0 Å². The lowest BCUT2D eigenvalue weighted by Gasteiger charge is -2.12. The second-order valence-electron chi connectivity index (χ2n) is 4.55. The third kappa shape index (κ3) is 3.60. The molecule has 0 saturated heterocycles. The average molecular weight is 285 g/mol. The fourth-order valence-electron chi connectivity index (χ4n) is 1.72. The summed E-state index contributed by atoms with van der Waals surface area (Å²) in [7, 11) is -2.07. The molecule has 7 heteroatoms. The molecule has 0 aliphatic heterocycles. The van der Waals surface area contributed by atoms with Crippen molar-refractivity contribution in [1.29, 1.82) is 0 Å². The van der Waals surface area contributed by atoms with Crippen LogP contribution in [0.25, 0.3) is 0 Å². The van der Waals surface area contributed by atoms with Gasteiger partial charge < -0.3 is 9.84 Å². The summed E-state index contributed by atoms with van der Waals surface area (Å²) in [5, 5.41) is 8.91.